The Morgan fingerprint density at radius 3 is 2.27 bits per heavy atom. The molecule has 0 saturated carbocycles. The molecule has 2 aromatic carbocycles. The number of carbonyl (C=O) groups is 2. The van der Waals surface area contributed by atoms with Gasteiger partial charge in [0, 0.05) is 45.0 Å². The van der Waals surface area contributed by atoms with Crippen molar-refractivity contribution in [3.63, 3.8) is 0 Å². The number of anilines is 1. The summed E-state index contributed by atoms with van der Waals surface area (Å²) in [5, 5.41) is 5.90. The number of nitrogens with one attached hydrogen (secondary N) is 2. The second-order valence-electron chi connectivity index (χ2n) is 10.2. The van der Waals surface area contributed by atoms with Gasteiger partial charge in [0.2, 0.25) is 5.91 Å². The third-order valence-corrected chi connectivity index (χ3v) is 5.49. The molecule has 0 saturated heterocycles. The van der Waals surface area contributed by atoms with Crippen molar-refractivity contribution >= 4 is 29.5 Å². The summed E-state index contributed by atoms with van der Waals surface area (Å²) in [5.41, 5.74) is 3.35. The molecule has 0 aliphatic carbocycles. The highest BCUT2D eigenvalue weighted by Crippen LogP contribution is 2.28. The number of ether oxygens (including phenoxy) is 2. The number of likely N-dealkylation sites (N-methyl/N-ethyl adjacent to an activating group) is 1. The molecule has 1 heterocycles. The Balaban J connectivity index is 1.66. The first-order valence-corrected chi connectivity index (χ1v) is 13.2. The summed E-state index contributed by atoms with van der Waals surface area (Å²) in [7, 11) is 3.44. The Morgan fingerprint density at radius 2 is 1.65 bits per heavy atom. The van der Waals surface area contributed by atoms with Gasteiger partial charge >= 0.3 is 6.09 Å². The van der Waals surface area contributed by atoms with Gasteiger partial charge in [0.25, 0.3) is 0 Å². The van der Waals surface area contributed by atoms with Gasteiger partial charge in [-0.15, -0.1) is 0 Å². The maximum atomic E-state index is 12.1. The quantitative estimate of drug-likeness (QED) is 0.185. The molecule has 2 amide bonds. The molecule has 0 aliphatic rings. The Bertz CT molecular complexity index is 1290. The lowest BCUT2D eigenvalue weighted by Gasteiger charge is -2.19. The van der Waals surface area contributed by atoms with Gasteiger partial charge in [-0.3, -0.25) is 10.1 Å². The van der Waals surface area contributed by atoms with Gasteiger partial charge in [0.1, 0.15) is 23.8 Å². The second kappa shape index (κ2) is 14.6. The van der Waals surface area contributed by atoms with Crippen molar-refractivity contribution in [1.82, 2.24) is 15.2 Å². The van der Waals surface area contributed by atoms with E-state index in [1.54, 1.807) is 38.5 Å². The highest BCUT2D eigenvalue weighted by molar-refractivity contribution is 5.92. The van der Waals surface area contributed by atoms with Crippen molar-refractivity contribution in [2.24, 2.45) is 0 Å². The molecule has 0 fully saturated rings. The fraction of sp³-hybridized carbons (Fsp3) is 0.281. The predicted molar refractivity (Wildman–Crippen MR) is 160 cm³/mol. The van der Waals surface area contributed by atoms with E-state index in [0.29, 0.717) is 25.5 Å². The normalized spacial score (nSPS) is 11.8. The van der Waals surface area contributed by atoms with Crippen molar-refractivity contribution in [3.8, 4) is 5.75 Å². The Kier molecular flexibility index (Phi) is 11.0. The van der Waals surface area contributed by atoms with Crippen molar-refractivity contribution in [2.45, 2.75) is 26.4 Å². The smallest absolute Gasteiger partial charge is 0.413 e. The fourth-order valence-electron chi connectivity index (χ4n) is 3.55. The van der Waals surface area contributed by atoms with Gasteiger partial charge in [-0.05, 0) is 67.8 Å². The minimum atomic E-state index is -0.591. The molecule has 210 valence electrons. The molecule has 40 heavy (non-hydrogen) atoms. The van der Waals surface area contributed by atoms with Crippen LogP contribution in [-0.2, 0) is 9.53 Å². The zero-order valence-corrected chi connectivity index (χ0v) is 23.8. The number of rotatable bonds is 11. The van der Waals surface area contributed by atoms with E-state index < -0.39 is 11.7 Å². The number of nitrogens with zero attached hydrogens (tertiary/aromatic N) is 2. The summed E-state index contributed by atoms with van der Waals surface area (Å²) < 4.78 is 11.2. The lowest BCUT2D eigenvalue weighted by Crippen LogP contribution is -2.27. The molecular formula is C32H38N4O4. The molecule has 0 aliphatic heterocycles. The van der Waals surface area contributed by atoms with Crippen molar-refractivity contribution in [1.29, 1.82) is 0 Å². The summed E-state index contributed by atoms with van der Waals surface area (Å²) in [6.45, 7) is 7.18. The summed E-state index contributed by atoms with van der Waals surface area (Å²) in [6.07, 6.45) is 6.64. The number of aromatic nitrogens is 1. The van der Waals surface area contributed by atoms with E-state index >= 15 is 0 Å². The molecule has 2 N–H and O–H groups in total. The average Bonchev–Trinajstić information content (AvgIpc) is 2.91. The highest BCUT2D eigenvalue weighted by Gasteiger charge is 2.16. The topological polar surface area (TPSA) is 92.8 Å². The van der Waals surface area contributed by atoms with Crippen LogP contribution in [0.1, 0.15) is 37.5 Å². The van der Waals surface area contributed by atoms with Crippen LogP contribution in [0.25, 0.3) is 11.6 Å². The molecule has 3 rings (SSSR count). The van der Waals surface area contributed by atoms with Gasteiger partial charge in [0.05, 0.1) is 0 Å². The lowest BCUT2D eigenvalue weighted by atomic mass is 9.96. The SMILES string of the molecule is CN(C)C(=O)/C=C/CNCCOc1ccc(/C(=C\c2ccccc2)c2ccc(NC(=O)OC(C)(C)C)nc2)cc1. The summed E-state index contributed by atoms with van der Waals surface area (Å²) in [4.78, 5) is 29.6. The Morgan fingerprint density at radius 1 is 0.950 bits per heavy atom. The van der Waals surface area contributed by atoms with Crippen molar-refractivity contribution in [2.75, 3.05) is 39.1 Å². The zero-order chi connectivity index (χ0) is 29.0. The molecule has 0 atom stereocenters. The predicted octanol–water partition coefficient (Wildman–Crippen LogP) is 5.63. The van der Waals surface area contributed by atoms with Gasteiger partial charge in [-0.25, -0.2) is 9.78 Å². The van der Waals surface area contributed by atoms with E-state index in [1.165, 1.54) is 4.90 Å². The van der Waals surface area contributed by atoms with E-state index in [1.807, 2.05) is 81.4 Å². The van der Waals surface area contributed by atoms with Gasteiger partial charge < -0.3 is 19.7 Å². The third-order valence-electron chi connectivity index (χ3n) is 5.49. The molecule has 0 radical (unpaired) electrons. The van der Waals surface area contributed by atoms with E-state index in [2.05, 4.69) is 21.7 Å². The summed E-state index contributed by atoms with van der Waals surface area (Å²) >= 11 is 0. The van der Waals surface area contributed by atoms with Crippen LogP contribution < -0.4 is 15.4 Å². The second-order valence-corrected chi connectivity index (χ2v) is 10.2. The number of carbonyl (C=O) groups excluding carboxylic acids is 2. The van der Waals surface area contributed by atoms with Crippen molar-refractivity contribution in [3.05, 3.63) is 102 Å². The number of benzene rings is 2. The van der Waals surface area contributed by atoms with Crippen LogP contribution >= 0.6 is 0 Å². The maximum absolute atomic E-state index is 12.1. The Labute approximate surface area is 236 Å². The highest BCUT2D eigenvalue weighted by atomic mass is 16.6. The first-order valence-electron chi connectivity index (χ1n) is 13.2. The monoisotopic (exact) mass is 542 g/mol. The van der Waals surface area contributed by atoms with Crippen LogP contribution in [0.15, 0.2) is 85.1 Å². The van der Waals surface area contributed by atoms with Crippen LogP contribution in [0.5, 0.6) is 5.75 Å². The third kappa shape index (κ3) is 10.4. The van der Waals surface area contributed by atoms with E-state index in [9.17, 15) is 9.59 Å². The van der Waals surface area contributed by atoms with Crippen LogP contribution in [0.4, 0.5) is 10.6 Å². The number of hydrogen-bond donors (Lipinski definition) is 2. The number of hydrogen-bond acceptors (Lipinski definition) is 6. The molecule has 8 heteroatoms. The zero-order valence-electron chi connectivity index (χ0n) is 23.8. The molecule has 8 nitrogen and oxygen atoms in total. The van der Waals surface area contributed by atoms with E-state index in [4.69, 9.17) is 9.47 Å². The van der Waals surface area contributed by atoms with Crippen molar-refractivity contribution < 1.29 is 19.1 Å². The largest absolute Gasteiger partial charge is 0.492 e. The molecular weight excluding hydrogens is 504 g/mol. The van der Waals surface area contributed by atoms with Crippen LogP contribution in [0.2, 0.25) is 0 Å². The lowest BCUT2D eigenvalue weighted by molar-refractivity contribution is -0.123. The molecule has 0 unspecified atom stereocenters. The van der Waals surface area contributed by atoms with E-state index in [0.717, 1.165) is 28.0 Å². The van der Waals surface area contributed by atoms with Crippen LogP contribution in [0, 0.1) is 0 Å². The summed E-state index contributed by atoms with van der Waals surface area (Å²) in [6, 6.07) is 21.7. The standard InChI is InChI=1S/C32H38N4O4/c1-32(2,3)40-31(38)35-29-18-15-26(23-34-29)28(22-24-10-7-6-8-11-24)25-13-16-27(17-14-25)39-21-20-33-19-9-12-30(37)36(4)5/h6-18,22-23,33H,19-21H2,1-5H3,(H,34,35,38)/b12-9+,28-22+. The molecule has 0 bridgehead atoms. The minimum Gasteiger partial charge on any atom is -0.492 e. The van der Waals surface area contributed by atoms with Crippen LogP contribution in [-0.4, -0.2) is 61.3 Å². The number of amides is 2. The van der Waals surface area contributed by atoms with Gasteiger partial charge in [-0.1, -0.05) is 48.5 Å². The van der Waals surface area contributed by atoms with Gasteiger partial charge in [0.15, 0.2) is 0 Å². The molecule has 0 spiro atoms. The fourth-order valence-corrected chi connectivity index (χ4v) is 3.55. The first kappa shape index (κ1) is 30.1. The molecule has 1 aromatic heterocycles. The minimum absolute atomic E-state index is 0.0389. The van der Waals surface area contributed by atoms with Gasteiger partial charge in [-0.2, -0.15) is 0 Å². The number of pyridine rings is 1. The Hall–Kier alpha value is -4.43. The summed E-state index contributed by atoms with van der Waals surface area (Å²) in [5.74, 6) is 1.13. The first-order chi connectivity index (χ1) is 19.1. The average molecular weight is 543 g/mol. The van der Waals surface area contributed by atoms with E-state index in [-0.39, 0.29) is 5.91 Å². The molecule has 3 aromatic rings. The maximum Gasteiger partial charge on any atom is 0.413 e. The van der Waals surface area contributed by atoms with Crippen LogP contribution in [0.3, 0.4) is 0 Å².